The van der Waals surface area contributed by atoms with Crippen molar-refractivity contribution in [3.05, 3.63) is 21.9 Å². The Bertz CT molecular complexity index is 193. The van der Waals surface area contributed by atoms with E-state index in [4.69, 9.17) is 0 Å². The van der Waals surface area contributed by atoms with Crippen LogP contribution in [0.1, 0.15) is 30.2 Å². The third kappa shape index (κ3) is 3.61. The van der Waals surface area contributed by atoms with Crippen LogP contribution in [0, 0.1) is 6.92 Å². The van der Waals surface area contributed by atoms with E-state index in [-0.39, 0.29) is 23.9 Å². The molecule has 4 radical (unpaired) electrons. The molecule has 0 aliphatic heterocycles. The van der Waals surface area contributed by atoms with Crippen LogP contribution in [0.2, 0.25) is 0 Å². The summed E-state index contributed by atoms with van der Waals surface area (Å²) in [4.78, 5) is 1.57. The first-order chi connectivity index (χ1) is 4.84. The number of aryl methyl sites for hydroxylation is 2. The number of unbranched alkanes of at least 4 members (excludes halogenated alkanes) is 1. The van der Waals surface area contributed by atoms with Crippen molar-refractivity contribution in [1.29, 1.82) is 0 Å². The predicted octanol–water partition coefficient (Wildman–Crippen LogP) is 3.02. The standard InChI is InChI=1S/C9H14S.Sn/c1-3-4-5-9-8(2)6-7-10-9;/h6-7H,3-5H2,1-2H3;. The van der Waals surface area contributed by atoms with Crippen molar-refractivity contribution in [1.82, 2.24) is 0 Å². The van der Waals surface area contributed by atoms with Crippen molar-refractivity contribution < 1.29 is 0 Å². The van der Waals surface area contributed by atoms with E-state index in [1.54, 1.807) is 4.88 Å². The predicted molar refractivity (Wildman–Crippen MR) is 53.4 cm³/mol. The zero-order valence-corrected chi connectivity index (χ0v) is 10.9. The molecule has 0 amide bonds. The van der Waals surface area contributed by atoms with Crippen LogP contribution >= 0.6 is 11.3 Å². The number of hydrogen-bond acceptors (Lipinski definition) is 1. The Morgan fingerprint density at radius 3 is 2.64 bits per heavy atom. The van der Waals surface area contributed by atoms with Gasteiger partial charge in [0.2, 0.25) is 0 Å². The second-order valence-electron chi connectivity index (χ2n) is 2.63. The number of rotatable bonds is 3. The van der Waals surface area contributed by atoms with Crippen molar-refractivity contribution in [3.63, 3.8) is 0 Å². The van der Waals surface area contributed by atoms with Crippen molar-refractivity contribution in [3.8, 4) is 0 Å². The molecule has 0 aliphatic carbocycles. The van der Waals surface area contributed by atoms with Crippen molar-refractivity contribution >= 4 is 35.2 Å². The average Bonchev–Trinajstić information content (AvgIpc) is 2.31. The van der Waals surface area contributed by atoms with Gasteiger partial charge < -0.3 is 0 Å². The smallest absolute Gasteiger partial charge is 0.00743 e. The summed E-state index contributed by atoms with van der Waals surface area (Å²) in [7, 11) is 0. The first kappa shape index (κ1) is 11.5. The minimum Gasteiger partial charge on any atom is -0.149 e. The average molecular weight is 273 g/mol. The molecule has 0 saturated heterocycles. The van der Waals surface area contributed by atoms with Crippen molar-refractivity contribution in [2.75, 3.05) is 0 Å². The van der Waals surface area contributed by atoms with E-state index in [9.17, 15) is 0 Å². The molecule has 2 heteroatoms. The van der Waals surface area contributed by atoms with Crippen LogP contribution in [0.3, 0.4) is 0 Å². The molecule has 60 valence electrons. The molecule has 0 spiro atoms. The van der Waals surface area contributed by atoms with Crippen LogP contribution < -0.4 is 0 Å². The summed E-state index contributed by atoms with van der Waals surface area (Å²) >= 11 is 1.89. The molecule has 1 heterocycles. The van der Waals surface area contributed by atoms with Gasteiger partial charge in [-0.2, -0.15) is 0 Å². The summed E-state index contributed by atoms with van der Waals surface area (Å²) in [6.45, 7) is 4.43. The van der Waals surface area contributed by atoms with Crippen LogP contribution in [0.4, 0.5) is 0 Å². The summed E-state index contributed by atoms with van der Waals surface area (Å²) in [6, 6.07) is 2.20. The summed E-state index contributed by atoms with van der Waals surface area (Å²) in [5.74, 6) is 0. The van der Waals surface area contributed by atoms with Crippen LogP contribution in [0.25, 0.3) is 0 Å². The third-order valence-electron chi connectivity index (χ3n) is 1.73. The molecule has 11 heavy (non-hydrogen) atoms. The Kier molecular flexibility index (Phi) is 6.34. The van der Waals surface area contributed by atoms with Crippen LogP contribution in [0.15, 0.2) is 11.4 Å². The molecule has 0 unspecified atom stereocenters. The van der Waals surface area contributed by atoms with Gasteiger partial charge in [-0.3, -0.25) is 0 Å². The summed E-state index contributed by atoms with van der Waals surface area (Å²) < 4.78 is 0. The molecule has 1 rings (SSSR count). The van der Waals surface area contributed by atoms with Crippen LogP contribution in [0.5, 0.6) is 0 Å². The van der Waals surface area contributed by atoms with Gasteiger partial charge in [0.1, 0.15) is 0 Å². The minimum atomic E-state index is 0. The van der Waals surface area contributed by atoms with Gasteiger partial charge in [-0.15, -0.1) is 11.3 Å². The number of hydrogen-bond donors (Lipinski definition) is 0. The zero-order valence-electron chi connectivity index (χ0n) is 7.18. The Hall–Kier alpha value is 0.499. The van der Waals surface area contributed by atoms with Gasteiger partial charge in [0.15, 0.2) is 0 Å². The van der Waals surface area contributed by atoms with Gasteiger partial charge in [0.05, 0.1) is 0 Å². The van der Waals surface area contributed by atoms with Crippen LogP contribution in [-0.4, -0.2) is 23.9 Å². The summed E-state index contributed by atoms with van der Waals surface area (Å²) in [6.07, 6.45) is 3.92. The molecule has 0 aromatic carbocycles. The Morgan fingerprint density at radius 1 is 1.45 bits per heavy atom. The third-order valence-corrected chi connectivity index (χ3v) is 2.81. The van der Waals surface area contributed by atoms with Gasteiger partial charge in [-0.25, -0.2) is 0 Å². The maximum Gasteiger partial charge on any atom is 0.00743 e. The maximum atomic E-state index is 2.24. The maximum absolute atomic E-state index is 2.24. The van der Waals surface area contributed by atoms with E-state index in [2.05, 4.69) is 25.3 Å². The van der Waals surface area contributed by atoms with Gasteiger partial charge in [-0.1, -0.05) is 13.3 Å². The van der Waals surface area contributed by atoms with Gasteiger partial charge in [0, 0.05) is 28.8 Å². The monoisotopic (exact) mass is 274 g/mol. The SMILES string of the molecule is CCCCc1sccc1C.[Sn]. The molecular weight excluding hydrogens is 259 g/mol. The van der Waals surface area contributed by atoms with E-state index >= 15 is 0 Å². The fourth-order valence-electron chi connectivity index (χ4n) is 0.998. The van der Waals surface area contributed by atoms with E-state index in [1.165, 1.54) is 24.8 Å². The summed E-state index contributed by atoms with van der Waals surface area (Å²) in [5.41, 5.74) is 1.47. The van der Waals surface area contributed by atoms with Crippen molar-refractivity contribution in [2.24, 2.45) is 0 Å². The Labute approximate surface area is 90.0 Å². The molecule has 0 aliphatic rings. The first-order valence-corrected chi connectivity index (χ1v) is 4.75. The van der Waals surface area contributed by atoms with E-state index in [1.807, 2.05) is 11.3 Å². The molecule has 0 fully saturated rings. The zero-order chi connectivity index (χ0) is 7.40. The topological polar surface area (TPSA) is 0 Å². The van der Waals surface area contributed by atoms with Crippen LogP contribution in [-0.2, 0) is 6.42 Å². The van der Waals surface area contributed by atoms with Gasteiger partial charge in [0.25, 0.3) is 0 Å². The molecule has 0 N–H and O–H groups in total. The molecule has 0 atom stereocenters. The molecule has 1 aromatic rings. The largest absolute Gasteiger partial charge is 0.149 e. The van der Waals surface area contributed by atoms with E-state index < -0.39 is 0 Å². The van der Waals surface area contributed by atoms with Gasteiger partial charge in [-0.05, 0) is 36.8 Å². The van der Waals surface area contributed by atoms with Gasteiger partial charge >= 0.3 is 0 Å². The minimum absolute atomic E-state index is 0. The quantitative estimate of drug-likeness (QED) is 0.742. The fourth-order valence-corrected chi connectivity index (χ4v) is 1.95. The fraction of sp³-hybridized carbons (Fsp3) is 0.556. The normalized spacial score (nSPS) is 9.27. The summed E-state index contributed by atoms with van der Waals surface area (Å²) in [5, 5.41) is 2.18. The second-order valence-corrected chi connectivity index (χ2v) is 3.63. The van der Waals surface area contributed by atoms with Crippen molar-refractivity contribution in [2.45, 2.75) is 33.1 Å². The molecule has 0 bridgehead atoms. The second kappa shape index (κ2) is 6.06. The molecule has 0 nitrogen and oxygen atoms in total. The van der Waals surface area contributed by atoms with E-state index in [0.29, 0.717) is 0 Å². The Balaban J connectivity index is 0.000001000. The van der Waals surface area contributed by atoms with E-state index in [0.717, 1.165) is 0 Å². The Morgan fingerprint density at radius 2 is 2.18 bits per heavy atom. The molecular formula is C9H14SSn. The molecule has 1 aromatic heterocycles. The number of thiophene rings is 1. The first-order valence-electron chi connectivity index (χ1n) is 3.87. The molecule has 0 saturated carbocycles.